The lowest BCUT2D eigenvalue weighted by Gasteiger charge is -2.30. The molecular weight excluding hydrogens is 415 g/mol. The van der Waals surface area contributed by atoms with Gasteiger partial charge in [0.25, 0.3) is 0 Å². The first kappa shape index (κ1) is 23.2. The molecule has 2 N–H and O–H groups in total. The quantitative estimate of drug-likeness (QED) is 0.271. The molecule has 0 atom stereocenters. The Labute approximate surface area is 164 Å². The highest BCUT2D eigenvalue weighted by Gasteiger charge is 2.21. The Kier molecular flexibility index (Phi) is 12.1. The molecule has 0 aromatic carbocycles. The van der Waals surface area contributed by atoms with Crippen LogP contribution in [0.25, 0.3) is 0 Å². The molecule has 0 aromatic rings. The van der Waals surface area contributed by atoms with E-state index in [9.17, 15) is 4.79 Å². The summed E-state index contributed by atoms with van der Waals surface area (Å²) in [6, 6.07) is 0.453. The zero-order valence-electron chi connectivity index (χ0n) is 15.7. The summed E-state index contributed by atoms with van der Waals surface area (Å²) in [6.45, 7) is 8.99. The Hall–Kier alpha value is -0.790. The highest BCUT2D eigenvalue weighted by atomic mass is 127. The molecule has 0 spiro atoms. The Morgan fingerprint density at radius 1 is 1.25 bits per heavy atom. The van der Waals surface area contributed by atoms with Gasteiger partial charge in [-0.25, -0.2) is 4.99 Å². The van der Waals surface area contributed by atoms with Crippen LogP contribution in [0.15, 0.2) is 17.1 Å². The molecule has 6 heteroatoms. The lowest BCUT2D eigenvalue weighted by molar-refractivity contribution is -0.127. The maximum atomic E-state index is 11.7. The van der Waals surface area contributed by atoms with Crippen molar-refractivity contribution in [3.05, 3.63) is 12.2 Å². The zero-order chi connectivity index (χ0) is 17.2. The number of carbonyl (C=O) groups excluding carboxylic acids is 1. The summed E-state index contributed by atoms with van der Waals surface area (Å²) in [7, 11) is 3.50. The summed E-state index contributed by atoms with van der Waals surface area (Å²) in [6.07, 6.45) is 7.56. The number of rotatable bonds is 7. The highest BCUT2D eigenvalue weighted by Crippen LogP contribution is 2.27. The van der Waals surface area contributed by atoms with Crippen LogP contribution in [0.2, 0.25) is 0 Å². The number of halogens is 1. The standard InChI is InChI=1S/C18H34N4O.HI/c1-6-7-15-8-10-16(11-9-15)21-18(19-12-14(2)3)20-13-17(23)22(4)5;/h15-16H,2,6-13H2,1,3-5H3,(H2,19,20,21);1H. The maximum Gasteiger partial charge on any atom is 0.243 e. The van der Waals surface area contributed by atoms with Crippen LogP contribution in [0.4, 0.5) is 0 Å². The number of hydrogen-bond acceptors (Lipinski definition) is 2. The van der Waals surface area contributed by atoms with Crippen LogP contribution in [-0.2, 0) is 4.79 Å². The first-order valence-corrected chi connectivity index (χ1v) is 8.81. The van der Waals surface area contributed by atoms with E-state index in [0.717, 1.165) is 17.5 Å². The molecule has 0 aromatic heterocycles. The van der Waals surface area contributed by atoms with E-state index in [-0.39, 0.29) is 36.4 Å². The molecule has 1 aliphatic carbocycles. The van der Waals surface area contributed by atoms with Crippen molar-refractivity contribution in [2.75, 3.05) is 27.2 Å². The maximum absolute atomic E-state index is 11.7. The van der Waals surface area contributed by atoms with Gasteiger partial charge >= 0.3 is 0 Å². The minimum atomic E-state index is 0. The van der Waals surface area contributed by atoms with E-state index >= 15 is 0 Å². The molecule has 24 heavy (non-hydrogen) atoms. The largest absolute Gasteiger partial charge is 0.354 e. The first-order valence-electron chi connectivity index (χ1n) is 8.81. The molecule has 0 heterocycles. The number of guanidine groups is 1. The molecule has 1 fully saturated rings. The van der Waals surface area contributed by atoms with E-state index in [0.29, 0.717) is 12.6 Å². The van der Waals surface area contributed by atoms with Gasteiger partial charge in [-0.3, -0.25) is 4.79 Å². The zero-order valence-corrected chi connectivity index (χ0v) is 18.1. The summed E-state index contributed by atoms with van der Waals surface area (Å²) < 4.78 is 0. The SMILES string of the molecule is C=C(C)CNC(=NCC(=O)N(C)C)NC1CCC(CCC)CC1.I. The Morgan fingerprint density at radius 3 is 2.38 bits per heavy atom. The van der Waals surface area contributed by atoms with Crippen LogP contribution in [-0.4, -0.2) is 50.0 Å². The van der Waals surface area contributed by atoms with E-state index in [1.165, 1.54) is 38.5 Å². The van der Waals surface area contributed by atoms with Gasteiger partial charge in [0.1, 0.15) is 6.54 Å². The van der Waals surface area contributed by atoms with Crippen molar-refractivity contribution in [1.29, 1.82) is 0 Å². The summed E-state index contributed by atoms with van der Waals surface area (Å²) in [5.41, 5.74) is 1.05. The summed E-state index contributed by atoms with van der Waals surface area (Å²) >= 11 is 0. The lowest BCUT2D eigenvalue weighted by atomic mass is 9.83. The average Bonchev–Trinajstić information content (AvgIpc) is 2.51. The van der Waals surface area contributed by atoms with E-state index in [4.69, 9.17) is 0 Å². The number of carbonyl (C=O) groups is 1. The van der Waals surface area contributed by atoms with E-state index in [1.807, 2.05) is 6.92 Å². The lowest BCUT2D eigenvalue weighted by Crippen LogP contribution is -2.45. The van der Waals surface area contributed by atoms with Crippen molar-refractivity contribution in [3.63, 3.8) is 0 Å². The van der Waals surface area contributed by atoms with Crippen molar-refractivity contribution in [3.8, 4) is 0 Å². The van der Waals surface area contributed by atoms with Gasteiger partial charge in [-0.2, -0.15) is 0 Å². The van der Waals surface area contributed by atoms with Gasteiger partial charge in [-0.05, 0) is 38.5 Å². The molecule has 0 unspecified atom stereocenters. The van der Waals surface area contributed by atoms with Gasteiger partial charge in [0.2, 0.25) is 5.91 Å². The third kappa shape index (κ3) is 9.49. The predicted octanol–water partition coefficient (Wildman–Crippen LogP) is 3.16. The number of hydrogen-bond donors (Lipinski definition) is 2. The summed E-state index contributed by atoms with van der Waals surface area (Å²) in [5.74, 6) is 1.62. The molecule has 0 bridgehead atoms. The third-order valence-electron chi connectivity index (χ3n) is 4.31. The van der Waals surface area contributed by atoms with E-state index < -0.39 is 0 Å². The summed E-state index contributed by atoms with van der Waals surface area (Å²) in [4.78, 5) is 17.7. The molecule has 5 nitrogen and oxygen atoms in total. The average molecular weight is 450 g/mol. The van der Waals surface area contributed by atoms with Crippen LogP contribution in [0.1, 0.15) is 52.4 Å². The third-order valence-corrected chi connectivity index (χ3v) is 4.31. The summed E-state index contributed by atoms with van der Waals surface area (Å²) in [5, 5.41) is 6.76. The van der Waals surface area contributed by atoms with Crippen molar-refractivity contribution in [2.24, 2.45) is 10.9 Å². The number of likely N-dealkylation sites (N-methyl/N-ethyl adjacent to an activating group) is 1. The van der Waals surface area contributed by atoms with Crippen molar-refractivity contribution in [1.82, 2.24) is 15.5 Å². The molecule has 0 radical (unpaired) electrons. The predicted molar refractivity (Wildman–Crippen MR) is 113 cm³/mol. The minimum Gasteiger partial charge on any atom is -0.354 e. The van der Waals surface area contributed by atoms with Crippen LogP contribution >= 0.6 is 24.0 Å². The molecule has 0 aliphatic heterocycles. The second-order valence-electron chi connectivity index (χ2n) is 6.91. The number of nitrogens with one attached hydrogen (secondary N) is 2. The Morgan fingerprint density at radius 2 is 1.88 bits per heavy atom. The molecule has 140 valence electrons. The number of nitrogens with zero attached hydrogens (tertiary/aromatic N) is 2. The fourth-order valence-electron chi connectivity index (χ4n) is 2.87. The molecule has 1 amide bonds. The van der Waals surface area contributed by atoms with Crippen molar-refractivity contribution >= 4 is 35.8 Å². The molecule has 1 aliphatic rings. The van der Waals surface area contributed by atoms with Gasteiger partial charge in [-0.1, -0.05) is 31.9 Å². The molecule has 0 saturated heterocycles. The smallest absolute Gasteiger partial charge is 0.243 e. The van der Waals surface area contributed by atoms with Gasteiger partial charge in [0.05, 0.1) is 0 Å². The van der Waals surface area contributed by atoms with Gasteiger partial charge in [0, 0.05) is 26.7 Å². The van der Waals surface area contributed by atoms with Gasteiger partial charge in [0.15, 0.2) is 5.96 Å². The number of amides is 1. The Bertz CT molecular complexity index is 415. The van der Waals surface area contributed by atoms with Gasteiger partial charge < -0.3 is 15.5 Å². The topological polar surface area (TPSA) is 56.7 Å². The van der Waals surface area contributed by atoms with Crippen LogP contribution in [0.5, 0.6) is 0 Å². The van der Waals surface area contributed by atoms with Crippen LogP contribution in [0, 0.1) is 5.92 Å². The van der Waals surface area contributed by atoms with Crippen molar-refractivity contribution in [2.45, 2.75) is 58.4 Å². The number of aliphatic imine (C=N–C) groups is 1. The minimum absolute atomic E-state index is 0. The normalized spacial score (nSPS) is 20.8. The fraction of sp³-hybridized carbons (Fsp3) is 0.778. The molecule has 1 saturated carbocycles. The van der Waals surface area contributed by atoms with Crippen molar-refractivity contribution < 1.29 is 4.79 Å². The van der Waals surface area contributed by atoms with Gasteiger partial charge in [-0.15, -0.1) is 24.0 Å². The van der Waals surface area contributed by atoms with E-state index in [2.05, 4.69) is 29.1 Å². The van der Waals surface area contributed by atoms with Crippen LogP contribution in [0.3, 0.4) is 0 Å². The van der Waals surface area contributed by atoms with E-state index in [1.54, 1.807) is 19.0 Å². The Balaban J connectivity index is 0.00000529. The first-order chi connectivity index (χ1) is 10.9. The second-order valence-corrected chi connectivity index (χ2v) is 6.91. The van der Waals surface area contributed by atoms with Crippen LogP contribution < -0.4 is 10.6 Å². The monoisotopic (exact) mass is 450 g/mol. The highest BCUT2D eigenvalue weighted by molar-refractivity contribution is 14.0. The second kappa shape index (κ2) is 12.6. The molecular formula is C18H35IN4O. The fourth-order valence-corrected chi connectivity index (χ4v) is 2.87. The molecule has 1 rings (SSSR count).